The number of hydrogen-bond donors (Lipinski definition) is 0. The van der Waals surface area contributed by atoms with Crippen LogP contribution in [0.1, 0.15) is 24.9 Å². The number of allylic oxidation sites excluding steroid dienone is 1. The lowest BCUT2D eigenvalue weighted by molar-refractivity contribution is -0.141. The van der Waals surface area contributed by atoms with Gasteiger partial charge in [-0.3, -0.25) is 9.69 Å². The molecule has 8 heteroatoms. The van der Waals surface area contributed by atoms with Gasteiger partial charge in [0.2, 0.25) is 5.91 Å². The lowest BCUT2D eigenvalue weighted by Gasteiger charge is -2.39. The SMILES string of the molecule is COCCOC(=O)C1=C(C)N=C2SCCC(=O)N2[C@@H]1c1ccccc1Br. The first-order chi connectivity index (χ1) is 12.5. The minimum Gasteiger partial charge on any atom is -0.460 e. The van der Waals surface area contributed by atoms with Crippen LogP contribution in [0.25, 0.3) is 0 Å². The summed E-state index contributed by atoms with van der Waals surface area (Å²) in [4.78, 5) is 31.6. The number of benzene rings is 1. The van der Waals surface area contributed by atoms with Crippen LogP contribution in [0.2, 0.25) is 0 Å². The quantitative estimate of drug-likeness (QED) is 0.521. The van der Waals surface area contributed by atoms with E-state index in [1.807, 2.05) is 24.3 Å². The average Bonchev–Trinajstić information content (AvgIpc) is 2.61. The molecule has 0 radical (unpaired) electrons. The van der Waals surface area contributed by atoms with E-state index in [1.54, 1.807) is 18.9 Å². The number of halogens is 1. The topological polar surface area (TPSA) is 68.2 Å². The Labute approximate surface area is 164 Å². The van der Waals surface area contributed by atoms with Crippen LogP contribution in [0.3, 0.4) is 0 Å². The summed E-state index contributed by atoms with van der Waals surface area (Å²) in [6.07, 6.45) is 0.412. The van der Waals surface area contributed by atoms with Crippen molar-refractivity contribution in [1.82, 2.24) is 4.90 Å². The van der Waals surface area contributed by atoms with Crippen LogP contribution in [-0.2, 0) is 19.1 Å². The van der Waals surface area contributed by atoms with Crippen molar-refractivity contribution >= 4 is 44.7 Å². The number of aliphatic imine (C=N–C) groups is 1. The molecule has 0 N–H and O–H groups in total. The maximum Gasteiger partial charge on any atom is 0.338 e. The second-order valence-corrected chi connectivity index (χ2v) is 7.72. The molecule has 0 unspecified atom stereocenters. The lowest BCUT2D eigenvalue weighted by Crippen LogP contribution is -2.46. The Morgan fingerprint density at radius 1 is 1.38 bits per heavy atom. The van der Waals surface area contributed by atoms with Crippen LogP contribution in [-0.4, -0.2) is 48.0 Å². The molecule has 2 aliphatic heterocycles. The summed E-state index contributed by atoms with van der Waals surface area (Å²) >= 11 is 5.08. The highest BCUT2D eigenvalue weighted by molar-refractivity contribution is 9.10. The van der Waals surface area contributed by atoms with E-state index in [9.17, 15) is 9.59 Å². The standard InChI is InChI=1S/C18H19BrN2O4S/c1-11-15(17(23)25-9-8-24-2)16(12-5-3-4-6-13(12)19)21-14(22)7-10-26-18(21)20-11/h3-6,16H,7-10H2,1-2H3/t16-/m1/s1. The number of carbonyl (C=O) groups is 2. The molecule has 6 nitrogen and oxygen atoms in total. The molecule has 26 heavy (non-hydrogen) atoms. The molecule has 1 amide bonds. The van der Waals surface area contributed by atoms with Gasteiger partial charge in [0.1, 0.15) is 6.61 Å². The number of methoxy groups -OCH3 is 1. The Balaban J connectivity index is 2.07. The molecule has 1 aromatic carbocycles. The molecule has 138 valence electrons. The Kier molecular flexibility index (Phi) is 6.16. The Morgan fingerprint density at radius 2 is 2.15 bits per heavy atom. The number of ether oxygens (including phenoxy) is 2. The molecule has 3 rings (SSSR count). The van der Waals surface area contributed by atoms with Gasteiger partial charge >= 0.3 is 5.97 Å². The lowest BCUT2D eigenvalue weighted by atomic mass is 9.94. The smallest absolute Gasteiger partial charge is 0.338 e. The molecular formula is C18H19BrN2O4S. The van der Waals surface area contributed by atoms with E-state index in [0.29, 0.717) is 35.2 Å². The summed E-state index contributed by atoms with van der Waals surface area (Å²) in [6.45, 7) is 2.24. The summed E-state index contributed by atoms with van der Waals surface area (Å²) in [5.41, 5.74) is 1.78. The van der Waals surface area contributed by atoms with Gasteiger partial charge in [-0.15, -0.1) is 0 Å². The van der Waals surface area contributed by atoms with Crippen molar-refractivity contribution in [3.8, 4) is 0 Å². The molecule has 0 spiro atoms. The van der Waals surface area contributed by atoms with E-state index in [2.05, 4.69) is 20.9 Å². The van der Waals surface area contributed by atoms with Crippen molar-refractivity contribution in [2.24, 2.45) is 4.99 Å². The number of carbonyl (C=O) groups excluding carboxylic acids is 2. The van der Waals surface area contributed by atoms with Crippen LogP contribution in [0.4, 0.5) is 0 Å². The first kappa shape index (κ1) is 19.1. The number of esters is 1. The highest BCUT2D eigenvalue weighted by atomic mass is 79.9. The summed E-state index contributed by atoms with van der Waals surface area (Å²) < 4.78 is 11.1. The fourth-order valence-electron chi connectivity index (χ4n) is 2.94. The van der Waals surface area contributed by atoms with Gasteiger partial charge in [0.05, 0.1) is 23.9 Å². The highest BCUT2D eigenvalue weighted by Gasteiger charge is 2.42. The summed E-state index contributed by atoms with van der Waals surface area (Å²) in [5, 5.41) is 0.632. The minimum atomic E-state index is -0.562. The molecule has 2 heterocycles. The molecule has 1 atom stereocenters. The zero-order valence-corrected chi connectivity index (χ0v) is 16.9. The van der Waals surface area contributed by atoms with E-state index in [-0.39, 0.29) is 12.5 Å². The minimum absolute atomic E-state index is 0.0436. The van der Waals surface area contributed by atoms with E-state index < -0.39 is 12.0 Å². The van der Waals surface area contributed by atoms with Gasteiger partial charge in [-0.2, -0.15) is 0 Å². The second kappa shape index (κ2) is 8.37. The molecule has 0 aliphatic carbocycles. The van der Waals surface area contributed by atoms with Crippen LogP contribution in [0, 0.1) is 0 Å². The monoisotopic (exact) mass is 438 g/mol. The molecule has 0 aromatic heterocycles. The van der Waals surface area contributed by atoms with Gasteiger partial charge in [-0.25, -0.2) is 9.79 Å². The molecule has 1 aromatic rings. The number of rotatable bonds is 5. The van der Waals surface area contributed by atoms with Gasteiger partial charge in [-0.05, 0) is 18.6 Å². The third-order valence-corrected chi connectivity index (χ3v) is 5.82. The Hall–Kier alpha value is -1.64. The Morgan fingerprint density at radius 3 is 2.88 bits per heavy atom. The maximum atomic E-state index is 12.8. The fourth-order valence-corrected chi connectivity index (χ4v) is 4.45. The number of amides is 1. The van der Waals surface area contributed by atoms with Gasteiger partial charge in [0.25, 0.3) is 0 Å². The van der Waals surface area contributed by atoms with Crippen molar-refractivity contribution < 1.29 is 19.1 Å². The van der Waals surface area contributed by atoms with Gasteiger partial charge in [0.15, 0.2) is 5.17 Å². The number of hydrogen-bond acceptors (Lipinski definition) is 6. The molecule has 0 saturated carbocycles. The summed E-state index contributed by atoms with van der Waals surface area (Å²) in [6, 6.07) is 7.01. The number of fused-ring (bicyclic) bond motifs is 1. The number of thioether (sulfide) groups is 1. The van der Waals surface area contributed by atoms with Crippen LogP contribution < -0.4 is 0 Å². The molecule has 1 saturated heterocycles. The highest BCUT2D eigenvalue weighted by Crippen LogP contribution is 2.42. The normalized spacial score (nSPS) is 20.0. The van der Waals surface area contributed by atoms with Crippen molar-refractivity contribution in [2.75, 3.05) is 26.1 Å². The first-order valence-corrected chi connectivity index (χ1v) is 9.97. The number of amidine groups is 1. The predicted octanol–water partition coefficient (Wildman–Crippen LogP) is 3.29. The van der Waals surface area contributed by atoms with Crippen molar-refractivity contribution in [2.45, 2.75) is 19.4 Å². The predicted molar refractivity (Wildman–Crippen MR) is 104 cm³/mol. The van der Waals surface area contributed by atoms with Crippen LogP contribution in [0.5, 0.6) is 0 Å². The van der Waals surface area contributed by atoms with Crippen molar-refractivity contribution in [1.29, 1.82) is 0 Å². The summed E-state index contributed by atoms with van der Waals surface area (Å²) in [7, 11) is 1.54. The van der Waals surface area contributed by atoms with E-state index >= 15 is 0 Å². The number of nitrogens with zero attached hydrogens (tertiary/aromatic N) is 2. The van der Waals surface area contributed by atoms with Gasteiger partial charge in [-0.1, -0.05) is 45.9 Å². The van der Waals surface area contributed by atoms with Gasteiger partial charge < -0.3 is 9.47 Å². The average molecular weight is 439 g/mol. The zero-order chi connectivity index (χ0) is 18.7. The molecule has 1 fully saturated rings. The maximum absolute atomic E-state index is 12.8. The molecule has 2 aliphatic rings. The van der Waals surface area contributed by atoms with Gasteiger partial charge in [0, 0.05) is 23.8 Å². The third-order valence-electron chi connectivity index (χ3n) is 4.15. The summed E-state index contributed by atoms with van der Waals surface area (Å²) in [5.74, 6) is 0.169. The zero-order valence-electron chi connectivity index (χ0n) is 14.5. The third kappa shape index (κ3) is 3.72. The first-order valence-electron chi connectivity index (χ1n) is 8.19. The van der Waals surface area contributed by atoms with E-state index in [1.165, 1.54) is 11.8 Å². The van der Waals surface area contributed by atoms with Crippen LogP contribution in [0.15, 0.2) is 45.0 Å². The van der Waals surface area contributed by atoms with E-state index in [0.717, 1.165) is 10.0 Å². The fraction of sp³-hybridized carbons (Fsp3) is 0.389. The second-order valence-electron chi connectivity index (χ2n) is 5.81. The van der Waals surface area contributed by atoms with Crippen LogP contribution >= 0.6 is 27.7 Å². The largest absolute Gasteiger partial charge is 0.460 e. The molecular weight excluding hydrogens is 420 g/mol. The van der Waals surface area contributed by atoms with Crippen molar-refractivity contribution in [3.63, 3.8) is 0 Å². The molecule has 0 bridgehead atoms. The Bertz CT molecular complexity index is 793. The van der Waals surface area contributed by atoms with E-state index in [4.69, 9.17) is 9.47 Å². The van der Waals surface area contributed by atoms with Crippen molar-refractivity contribution in [3.05, 3.63) is 45.6 Å².